The summed E-state index contributed by atoms with van der Waals surface area (Å²) in [6, 6.07) is 15.1. The molecule has 2 N–H and O–H groups in total. The Balaban J connectivity index is 1.89. The van der Waals surface area contributed by atoms with Crippen molar-refractivity contribution in [3.05, 3.63) is 75.6 Å². The number of hydrogen-bond donors (Lipinski definition) is 1. The second-order valence-electron chi connectivity index (χ2n) is 5.55. The summed E-state index contributed by atoms with van der Waals surface area (Å²) in [6.07, 6.45) is 0. The minimum absolute atomic E-state index is 0.342. The van der Waals surface area contributed by atoms with Crippen LogP contribution in [-0.2, 0) is 5.75 Å². The lowest BCUT2D eigenvalue weighted by atomic mass is 10.0. The van der Waals surface area contributed by atoms with Crippen LogP contribution in [0.3, 0.4) is 0 Å². The monoisotopic (exact) mass is 338 g/mol. The van der Waals surface area contributed by atoms with Crippen LogP contribution in [0.5, 0.6) is 0 Å². The summed E-state index contributed by atoms with van der Waals surface area (Å²) < 4.78 is 5.39. The number of para-hydroxylation sites is 1. The molecular formula is C19H18N2O2S. The highest BCUT2D eigenvalue weighted by molar-refractivity contribution is 8.13. The molecule has 122 valence electrons. The van der Waals surface area contributed by atoms with E-state index >= 15 is 0 Å². The van der Waals surface area contributed by atoms with Gasteiger partial charge in [-0.25, -0.2) is 9.79 Å². The van der Waals surface area contributed by atoms with Crippen molar-refractivity contribution in [2.75, 3.05) is 0 Å². The summed E-state index contributed by atoms with van der Waals surface area (Å²) in [7, 11) is 0. The van der Waals surface area contributed by atoms with E-state index in [-0.39, 0.29) is 5.63 Å². The van der Waals surface area contributed by atoms with Gasteiger partial charge in [0.15, 0.2) is 5.17 Å². The standard InChI is InChI=1S/C19H18N2O2S/c1-12-8-9-16-14(10-17(22)23-18(16)13(12)2)11-24-19(20)21-15-6-4-3-5-7-15/h3-10H,11H2,1-2H3,(H2,20,21). The Bertz CT molecular complexity index is 962. The zero-order valence-electron chi connectivity index (χ0n) is 13.6. The number of nitrogens with two attached hydrogens (primary N) is 1. The van der Waals surface area contributed by atoms with Crippen LogP contribution in [0.25, 0.3) is 11.0 Å². The molecule has 0 aliphatic rings. The fourth-order valence-electron chi connectivity index (χ4n) is 2.46. The molecule has 0 bridgehead atoms. The average molecular weight is 338 g/mol. The first-order chi connectivity index (χ1) is 11.5. The van der Waals surface area contributed by atoms with E-state index in [9.17, 15) is 4.79 Å². The summed E-state index contributed by atoms with van der Waals surface area (Å²) in [5, 5.41) is 1.41. The van der Waals surface area contributed by atoms with Gasteiger partial charge in [0.2, 0.25) is 0 Å². The number of aryl methyl sites for hydroxylation is 2. The normalized spacial score (nSPS) is 11.8. The van der Waals surface area contributed by atoms with Crippen molar-refractivity contribution < 1.29 is 4.42 Å². The third-order valence-electron chi connectivity index (χ3n) is 3.89. The van der Waals surface area contributed by atoms with Crippen LogP contribution in [0.2, 0.25) is 0 Å². The molecule has 24 heavy (non-hydrogen) atoms. The third kappa shape index (κ3) is 3.51. The third-order valence-corrected chi connectivity index (χ3v) is 4.73. The Labute approximate surface area is 144 Å². The van der Waals surface area contributed by atoms with E-state index in [4.69, 9.17) is 10.2 Å². The van der Waals surface area contributed by atoms with Crippen molar-refractivity contribution in [2.45, 2.75) is 19.6 Å². The predicted molar refractivity (Wildman–Crippen MR) is 101 cm³/mol. The molecule has 0 spiro atoms. The molecule has 0 saturated heterocycles. The minimum atomic E-state index is -0.342. The number of nitrogens with zero attached hydrogens (tertiary/aromatic N) is 1. The lowest BCUT2D eigenvalue weighted by Crippen LogP contribution is -2.07. The molecule has 2 aromatic carbocycles. The zero-order chi connectivity index (χ0) is 17.1. The van der Waals surface area contributed by atoms with Gasteiger partial charge in [-0.3, -0.25) is 0 Å². The van der Waals surface area contributed by atoms with Gasteiger partial charge in [-0.05, 0) is 42.7 Å². The summed E-state index contributed by atoms with van der Waals surface area (Å²) in [4.78, 5) is 16.2. The fraction of sp³-hybridized carbons (Fsp3) is 0.158. The first-order valence-electron chi connectivity index (χ1n) is 7.59. The van der Waals surface area contributed by atoms with Crippen molar-refractivity contribution in [3.8, 4) is 0 Å². The van der Waals surface area contributed by atoms with Crippen molar-refractivity contribution in [3.63, 3.8) is 0 Å². The largest absolute Gasteiger partial charge is 0.422 e. The van der Waals surface area contributed by atoms with Gasteiger partial charge in [0.1, 0.15) is 5.58 Å². The fourth-order valence-corrected chi connectivity index (χ4v) is 3.17. The van der Waals surface area contributed by atoms with E-state index in [0.29, 0.717) is 16.5 Å². The van der Waals surface area contributed by atoms with Gasteiger partial charge in [-0.1, -0.05) is 42.1 Å². The SMILES string of the molecule is Cc1ccc2c(CSC(N)=Nc3ccccc3)cc(=O)oc2c1C. The highest BCUT2D eigenvalue weighted by Crippen LogP contribution is 2.26. The van der Waals surface area contributed by atoms with E-state index in [0.717, 1.165) is 27.8 Å². The van der Waals surface area contributed by atoms with Gasteiger partial charge in [0.05, 0.1) is 5.69 Å². The van der Waals surface area contributed by atoms with Gasteiger partial charge in [-0.2, -0.15) is 0 Å². The molecule has 4 nitrogen and oxygen atoms in total. The van der Waals surface area contributed by atoms with E-state index in [1.165, 1.54) is 17.8 Å². The Kier molecular flexibility index (Phi) is 4.71. The maximum atomic E-state index is 11.9. The van der Waals surface area contributed by atoms with Crippen molar-refractivity contribution >= 4 is 33.6 Å². The highest BCUT2D eigenvalue weighted by atomic mass is 32.2. The van der Waals surface area contributed by atoms with Gasteiger partial charge in [0, 0.05) is 17.2 Å². The molecule has 3 aromatic rings. The Morgan fingerprint density at radius 2 is 1.92 bits per heavy atom. The predicted octanol–water partition coefficient (Wildman–Crippen LogP) is 4.29. The molecule has 0 atom stereocenters. The Morgan fingerprint density at radius 1 is 1.17 bits per heavy atom. The van der Waals surface area contributed by atoms with E-state index in [1.54, 1.807) is 0 Å². The van der Waals surface area contributed by atoms with Gasteiger partial charge >= 0.3 is 5.63 Å². The summed E-state index contributed by atoms with van der Waals surface area (Å²) in [5.74, 6) is 0.562. The second-order valence-corrected chi connectivity index (χ2v) is 6.54. The number of fused-ring (bicyclic) bond motifs is 1. The summed E-state index contributed by atoms with van der Waals surface area (Å²) in [6.45, 7) is 3.96. The first-order valence-corrected chi connectivity index (χ1v) is 8.58. The van der Waals surface area contributed by atoms with Crippen LogP contribution >= 0.6 is 11.8 Å². The number of hydrogen-bond acceptors (Lipinski definition) is 4. The van der Waals surface area contributed by atoms with Gasteiger partial charge in [-0.15, -0.1) is 0 Å². The molecule has 1 aromatic heterocycles. The number of amidine groups is 1. The molecular weight excluding hydrogens is 320 g/mol. The highest BCUT2D eigenvalue weighted by Gasteiger charge is 2.10. The molecule has 0 fully saturated rings. The molecule has 0 aliphatic heterocycles. The number of aliphatic imine (C=N–C) groups is 1. The smallest absolute Gasteiger partial charge is 0.336 e. The average Bonchev–Trinajstić information content (AvgIpc) is 2.57. The maximum absolute atomic E-state index is 11.9. The van der Waals surface area contributed by atoms with E-state index in [1.807, 2.05) is 56.3 Å². The number of thioether (sulfide) groups is 1. The van der Waals surface area contributed by atoms with E-state index in [2.05, 4.69) is 4.99 Å². The Hall–Kier alpha value is -2.53. The number of rotatable bonds is 3. The van der Waals surface area contributed by atoms with Crippen LogP contribution in [0.4, 0.5) is 5.69 Å². The molecule has 0 aliphatic carbocycles. The zero-order valence-corrected chi connectivity index (χ0v) is 14.4. The molecule has 5 heteroatoms. The molecule has 0 amide bonds. The van der Waals surface area contributed by atoms with Crippen LogP contribution in [0.1, 0.15) is 16.7 Å². The quantitative estimate of drug-likeness (QED) is 0.439. The van der Waals surface area contributed by atoms with Crippen molar-refractivity contribution in [1.29, 1.82) is 0 Å². The molecule has 1 heterocycles. The summed E-state index contributed by atoms with van der Waals surface area (Å²) in [5.41, 5.74) is 10.1. The van der Waals surface area contributed by atoms with Gasteiger partial charge < -0.3 is 10.2 Å². The van der Waals surface area contributed by atoms with E-state index < -0.39 is 0 Å². The molecule has 0 unspecified atom stereocenters. The lowest BCUT2D eigenvalue weighted by molar-refractivity contribution is 0.557. The van der Waals surface area contributed by atoms with Crippen LogP contribution in [0.15, 0.2) is 62.7 Å². The maximum Gasteiger partial charge on any atom is 0.336 e. The summed E-state index contributed by atoms with van der Waals surface area (Å²) >= 11 is 1.41. The molecule has 3 rings (SSSR count). The first kappa shape index (κ1) is 16.3. The lowest BCUT2D eigenvalue weighted by Gasteiger charge is -2.08. The molecule has 0 radical (unpaired) electrons. The Morgan fingerprint density at radius 3 is 2.67 bits per heavy atom. The van der Waals surface area contributed by atoms with Gasteiger partial charge in [0.25, 0.3) is 0 Å². The topological polar surface area (TPSA) is 68.6 Å². The number of benzene rings is 2. The van der Waals surface area contributed by atoms with Crippen LogP contribution in [0, 0.1) is 13.8 Å². The van der Waals surface area contributed by atoms with Crippen LogP contribution in [-0.4, -0.2) is 5.17 Å². The van der Waals surface area contributed by atoms with Crippen molar-refractivity contribution in [2.24, 2.45) is 10.7 Å². The second kappa shape index (κ2) is 6.93. The van der Waals surface area contributed by atoms with Crippen molar-refractivity contribution in [1.82, 2.24) is 0 Å². The van der Waals surface area contributed by atoms with Crippen LogP contribution < -0.4 is 11.4 Å². The molecule has 0 saturated carbocycles. The minimum Gasteiger partial charge on any atom is -0.422 e.